The van der Waals surface area contributed by atoms with Crippen molar-refractivity contribution in [3.63, 3.8) is 0 Å². The smallest absolute Gasteiger partial charge is 0.247 e. The Bertz CT molecular complexity index is 1250. The molecular formula is C25H25F2NO4S. The third-order valence-corrected chi connectivity index (χ3v) is 7.13. The van der Waals surface area contributed by atoms with Crippen LogP contribution in [0.4, 0.5) is 14.5 Å². The summed E-state index contributed by atoms with van der Waals surface area (Å²) in [5, 5.41) is 0. The Morgan fingerprint density at radius 3 is 2.27 bits per heavy atom. The first kappa shape index (κ1) is 24.4. The lowest BCUT2D eigenvalue weighted by molar-refractivity contribution is -0.118. The third-order valence-electron chi connectivity index (χ3n) is 5.26. The van der Waals surface area contributed by atoms with Crippen LogP contribution in [0.1, 0.15) is 31.7 Å². The van der Waals surface area contributed by atoms with Crippen LogP contribution < -0.4 is 9.04 Å². The van der Waals surface area contributed by atoms with E-state index in [-0.39, 0.29) is 23.6 Å². The van der Waals surface area contributed by atoms with Gasteiger partial charge in [-0.15, -0.1) is 0 Å². The first-order chi connectivity index (χ1) is 15.7. The molecule has 33 heavy (non-hydrogen) atoms. The Balaban J connectivity index is 2.01. The van der Waals surface area contributed by atoms with E-state index in [0.29, 0.717) is 21.0 Å². The van der Waals surface area contributed by atoms with Crippen LogP contribution in [0.2, 0.25) is 0 Å². The summed E-state index contributed by atoms with van der Waals surface area (Å²) < 4.78 is 60.6. The maximum Gasteiger partial charge on any atom is 0.247 e. The number of carbonyl (C=O) groups is 1. The zero-order chi connectivity index (χ0) is 24.2. The molecule has 3 aromatic carbocycles. The van der Waals surface area contributed by atoms with Crippen molar-refractivity contribution >= 4 is 21.6 Å². The zero-order valence-corrected chi connectivity index (χ0v) is 19.4. The number of rotatable bonds is 8. The van der Waals surface area contributed by atoms with Gasteiger partial charge in [0, 0.05) is 11.6 Å². The fraction of sp³-hybridized carbons (Fsp3) is 0.240. The Morgan fingerprint density at radius 1 is 1.00 bits per heavy atom. The molecule has 5 nitrogen and oxygen atoms in total. The van der Waals surface area contributed by atoms with Crippen molar-refractivity contribution in [3.05, 3.63) is 83.9 Å². The molecule has 0 bridgehead atoms. The number of nitrogens with zero attached hydrogens (tertiary/aromatic N) is 1. The third kappa shape index (κ3) is 5.22. The molecule has 0 aliphatic rings. The van der Waals surface area contributed by atoms with Crippen LogP contribution in [0.25, 0.3) is 11.1 Å². The molecule has 1 amide bonds. The average Bonchev–Trinajstić information content (AvgIpc) is 2.79. The molecule has 0 aliphatic heterocycles. The molecule has 3 rings (SSSR count). The number of methoxy groups -OCH3 is 1. The maximum absolute atomic E-state index is 14.9. The molecule has 0 aliphatic carbocycles. The van der Waals surface area contributed by atoms with Gasteiger partial charge in [0.05, 0.1) is 24.5 Å². The van der Waals surface area contributed by atoms with Gasteiger partial charge in [-0.05, 0) is 42.7 Å². The molecule has 0 fully saturated rings. The fourth-order valence-electron chi connectivity index (χ4n) is 3.53. The Hall–Kier alpha value is -3.26. The summed E-state index contributed by atoms with van der Waals surface area (Å²) in [6.45, 7) is 3.16. The van der Waals surface area contributed by atoms with E-state index in [0.717, 1.165) is 6.07 Å². The van der Waals surface area contributed by atoms with Gasteiger partial charge in [-0.2, -0.15) is 0 Å². The topological polar surface area (TPSA) is 63.7 Å². The second-order valence-electron chi connectivity index (χ2n) is 7.56. The lowest BCUT2D eigenvalue weighted by Crippen LogP contribution is -2.41. The summed E-state index contributed by atoms with van der Waals surface area (Å²) in [5.41, 5.74) is 1.22. The summed E-state index contributed by atoms with van der Waals surface area (Å²) in [7, 11) is -2.81. The van der Waals surface area contributed by atoms with E-state index in [4.69, 9.17) is 4.74 Å². The quantitative estimate of drug-likeness (QED) is 0.432. The van der Waals surface area contributed by atoms with Gasteiger partial charge in [0.2, 0.25) is 15.9 Å². The minimum Gasteiger partial charge on any atom is -0.494 e. The van der Waals surface area contributed by atoms with Crippen LogP contribution in [0.5, 0.6) is 5.75 Å². The van der Waals surface area contributed by atoms with Crippen LogP contribution in [-0.4, -0.2) is 27.2 Å². The fourth-order valence-corrected chi connectivity index (χ4v) is 5.09. The van der Waals surface area contributed by atoms with Crippen molar-refractivity contribution in [2.45, 2.75) is 26.2 Å². The lowest BCUT2D eigenvalue weighted by Gasteiger charge is -2.26. The number of hydrogen-bond donors (Lipinski definition) is 0. The van der Waals surface area contributed by atoms with E-state index in [9.17, 15) is 22.0 Å². The highest BCUT2D eigenvalue weighted by molar-refractivity contribution is 7.93. The average molecular weight is 474 g/mol. The van der Waals surface area contributed by atoms with Crippen molar-refractivity contribution in [1.29, 1.82) is 0 Å². The number of hydrogen-bond acceptors (Lipinski definition) is 4. The zero-order valence-electron chi connectivity index (χ0n) is 18.6. The molecule has 1 unspecified atom stereocenters. The van der Waals surface area contributed by atoms with Crippen LogP contribution >= 0.6 is 0 Å². The van der Waals surface area contributed by atoms with Crippen molar-refractivity contribution < 1.29 is 26.7 Å². The maximum atomic E-state index is 14.9. The highest BCUT2D eigenvalue weighted by atomic mass is 32.2. The molecular weight excluding hydrogens is 448 g/mol. The predicted molar refractivity (Wildman–Crippen MR) is 125 cm³/mol. The molecule has 0 aromatic heterocycles. The van der Waals surface area contributed by atoms with Gasteiger partial charge in [0.15, 0.2) is 11.6 Å². The number of benzene rings is 3. The molecule has 1 atom stereocenters. The Kier molecular flexibility index (Phi) is 7.48. The Labute approximate surface area is 192 Å². The van der Waals surface area contributed by atoms with Crippen LogP contribution in [-0.2, 0) is 14.8 Å². The summed E-state index contributed by atoms with van der Waals surface area (Å²) in [4.78, 5) is 13.4. The SMILES string of the molecule is CCCS(=O)(=O)N(C(=O)C(C)c1ccc(-c2ccccc2)c(F)c1)c1ccc(OC)c(F)c1. The van der Waals surface area contributed by atoms with Gasteiger partial charge in [0.25, 0.3) is 0 Å². The van der Waals surface area contributed by atoms with Crippen molar-refractivity contribution in [3.8, 4) is 16.9 Å². The summed E-state index contributed by atoms with van der Waals surface area (Å²) >= 11 is 0. The first-order valence-corrected chi connectivity index (χ1v) is 12.1. The van der Waals surface area contributed by atoms with Gasteiger partial charge in [0.1, 0.15) is 5.82 Å². The largest absolute Gasteiger partial charge is 0.494 e. The molecule has 8 heteroatoms. The number of sulfonamides is 1. The van der Waals surface area contributed by atoms with E-state index in [1.165, 1.54) is 32.2 Å². The first-order valence-electron chi connectivity index (χ1n) is 10.4. The molecule has 0 saturated heterocycles. The minimum absolute atomic E-state index is 0.0781. The number of anilines is 1. The summed E-state index contributed by atoms with van der Waals surface area (Å²) in [6.07, 6.45) is 0.263. The summed E-state index contributed by atoms with van der Waals surface area (Å²) in [5.74, 6) is -3.52. The van der Waals surface area contributed by atoms with Crippen molar-refractivity contribution in [1.82, 2.24) is 0 Å². The van der Waals surface area contributed by atoms with Gasteiger partial charge in [-0.25, -0.2) is 21.5 Å². The molecule has 174 valence electrons. The molecule has 0 spiro atoms. The van der Waals surface area contributed by atoms with Gasteiger partial charge in [-0.3, -0.25) is 4.79 Å². The van der Waals surface area contributed by atoms with E-state index >= 15 is 0 Å². The second kappa shape index (κ2) is 10.1. The van der Waals surface area contributed by atoms with Gasteiger partial charge in [-0.1, -0.05) is 49.4 Å². The van der Waals surface area contributed by atoms with Crippen LogP contribution in [0.3, 0.4) is 0 Å². The number of halogens is 2. The number of ether oxygens (including phenoxy) is 1. The minimum atomic E-state index is -4.09. The molecule has 0 heterocycles. The van der Waals surface area contributed by atoms with Crippen LogP contribution in [0.15, 0.2) is 66.7 Å². The summed E-state index contributed by atoms with van der Waals surface area (Å²) in [6, 6.07) is 16.8. The van der Waals surface area contributed by atoms with E-state index < -0.39 is 33.5 Å². The highest BCUT2D eigenvalue weighted by Crippen LogP contribution is 2.31. The number of carbonyl (C=O) groups excluding carboxylic acids is 1. The van der Waals surface area contributed by atoms with Gasteiger partial charge < -0.3 is 4.74 Å². The van der Waals surface area contributed by atoms with E-state index in [1.54, 1.807) is 43.3 Å². The van der Waals surface area contributed by atoms with Crippen LogP contribution in [0, 0.1) is 11.6 Å². The monoisotopic (exact) mass is 473 g/mol. The highest BCUT2D eigenvalue weighted by Gasteiger charge is 2.33. The van der Waals surface area contributed by atoms with E-state index in [1.807, 2.05) is 6.07 Å². The Morgan fingerprint density at radius 2 is 1.70 bits per heavy atom. The van der Waals surface area contributed by atoms with E-state index in [2.05, 4.69) is 0 Å². The predicted octanol–water partition coefficient (Wildman–Crippen LogP) is 5.52. The van der Waals surface area contributed by atoms with Crippen molar-refractivity contribution in [2.24, 2.45) is 0 Å². The molecule has 0 radical (unpaired) electrons. The lowest BCUT2D eigenvalue weighted by atomic mass is 9.96. The molecule has 3 aromatic rings. The second-order valence-corrected chi connectivity index (χ2v) is 9.50. The van der Waals surface area contributed by atoms with Crippen molar-refractivity contribution in [2.75, 3.05) is 17.2 Å². The molecule has 0 N–H and O–H groups in total. The van der Waals surface area contributed by atoms with Gasteiger partial charge >= 0.3 is 0 Å². The molecule has 0 saturated carbocycles. The number of amides is 1. The normalized spacial score (nSPS) is 12.3. The standard InChI is InChI=1S/C25H25F2NO4S/c1-4-14-33(30,31)28(20-11-13-24(32-3)23(27)16-20)25(29)17(2)19-10-12-21(22(26)15-19)18-8-6-5-7-9-18/h5-13,15-17H,4,14H2,1-3H3.